The van der Waals surface area contributed by atoms with E-state index in [0.717, 1.165) is 18.4 Å². The SMILES string of the molecule is Cn1c2c(c(=O)n1-c1ccccn1)[C@H]1CC[C@]2(C)C1(C)C. The minimum atomic E-state index is 0.0843. The smallest absolute Gasteiger partial charge is 0.276 e. The lowest BCUT2D eigenvalue weighted by atomic mass is 9.70. The predicted molar refractivity (Wildman–Crippen MR) is 81.9 cm³/mol. The van der Waals surface area contributed by atoms with Gasteiger partial charge in [0.25, 0.3) is 5.56 Å². The summed E-state index contributed by atoms with van der Waals surface area (Å²) in [6, 6.07) is 5.69. The van der Waals surface area contributed by atoms with E-state index in [1.807, 2.05) is 29.9 Å². The van der Waals surface area contributed by atoms with E-state index in [-0.39, 0.29) is 16.4 Å². The zero-order valence-corrected chi connectivity index (χ0v) is 13.1. The summed E-state index contributed by atoms with van der Waals surface area (Å²) >= 11 is 0. The number of rotatable bonds is 1. The fraction of sp³-hybridized carbons (Fsp3) is 0.529. The Bertz CT molecular complexity index is 784. The van der Waals surface area contributed by atoms with Crippen LogP contribution >= 0.6 is 0 Å². The van der Waals surface area contributed by atoms with Gasteiger partial charge in [0.2, 0.25) is 0 Å². The molecule has 4 nitrogen and oxygen atoms in total. The highest BCUT2D eigenvalue weighted by Crippen LogP contribution is 2.66. The van der Waals surface area contributed by atoms with Gasteiger partial charge in [0, 0.05) is 24.2 Å². The van der Waals surface area contributed by atoms with Gasteiger partial charge >= 0.3 is 0 Å². The molecule has 4 rings (SSSR count). The standard InChI is InChI=1S/C17H21N3O/c1-16(2)11-8-9-17(16,3)14-13(11)15(21)20(19(14)4)12-7-5-6-10-18-12/h5-7,10-11H,8-9H2,1-4H3/t11-,17+/m1/s1. The summed E-state index contributed by atoms with van der Waals surface area (Å²) in [5.74, 6) is 1.08. The van der Waals surface area contributed by atoms with Gasteiger partial charge in [-0.1, -0.05) is 26.8 Å². The summed E-state index contributed by atoms with van der Waals surface area (Å²) in [5.41, 5.74) is 2.62. The van der Waals surface area contributed by atoms with Gasteiger partial charge in [-0.3, -0.25) is 9.48 Å². The molecule has 1 fully saturated rings. The van der Waals surface area contributed by atoms with Crippen molar-refractivity contribution in [2.24, 2.45) is 12.5 Å². The van der Waals surface area contributed by atoms with E-state index in [4.69, 9.17) is 0 Å². The summed E-state index contributed by atoms with van der Waals surface area (Å²) in [7, 11) is 2.00. The molecule has 2 heterocycles. The fourth-order valence-electron chi connectivity index (χ4n) is 4.76. The maximum Gasteiger partial charge on any atom is 0.276 e. The van der Waals surface area contributed by atoms with Crippen LogP contribution in [0.2, 0.25) is 0 Å². The maximum atomic E-state index is 13.0. The normalized spacial score (nSPS) is 28.9. The highest BCUT2D eigenvalue weighted by Gasteiger charge is 2.62. The van der Waals surface area contributed by atoms with Crippen LogP contribution in [0.4, 0.5) is 0 Å². The Hall–Kier alpha value is -1.84. The lowest BCUT2D eigenvalue weighted by Gasteiger charge is -2.36. The van der Waals surface area contributed by atoms with E-state index in [0.29, 0.717) is 11.7 Å². The molecule has 21 heavy (non-hydrogen) atoms. The Morgan fingerprint density at radius 1 is 1.29 bits per heavy atom. The van der Waals surface area contributed by atoms with Gasteiger partial charge in [-0.25, -0.2) is 4.98 Å². The topological polar surface area (TPSA) is 39.8 Å². The molecule has 0 spiro atoms. The third-order valence-corrected chi connectivity index (χ3v) is 6.27. The molecule has 0 radical (unpaired) electrons. The van der Waals surface area contributed by atoms with Gasteiger partial charge in [-0.05, 0) is 36.3 Å². The van der Waals surface area contributed by atoms with E-state index in [1.165, 1.54) is 5.69 Å². The minimum Gasteiger partial charge on any atom is -0.283 e. The van der Waals surface area contributed by atoms with Gasteiger partial charge in [-0.15, -0.1) is 0 Å². The Morgan fingerprint density at radius 2 is 2.05 bits per heavy atom. The van der Waals surface area contributed by atoms with Crippen LogP contribution < -0.4 is 5.56 Å². The third kappa shape index (κ3) is 1.27. The van der Waals surface area contributed by atoms with Crippen molar-refractivity contribution in [2.45, 2.75) is 44.9 Å². The monoisotopic (exact) mass is 283 g/mol. The molecule has 2 bridgehead atoms. The Balaban J connectivity index is 2.04. The highest BCUT2D eigenvalue weighted by atomic mass is 16.1. The molecule has 110 valence electrons. The molecule has 0 aliphatic heterocycles. The van der Waals surface area contributed by atoms with Crippen LogP contribution in [0.3, 0.4) is 0 Å². The molecule has 2 atom stereocenters. The first-order valence-corrected chi connectivity index (χ1v) is 7.63. The van der Waals surface area contributed by atoms with E-state index in [1.54, 1.807) is 10.9 Å². The van der Waals surface area contributed by atoms with Gasteiger partial charge in [0.15, 0.2) is 5.82 Å². The Kier molecular flexibility index (Phi) is 2.25. The van der Waals surface area contributed by atoms with Crippen molar-refractivity contribution in [3.63, 3.8) is 0 Å². The molecule has 0 unspecified atom stereocenters. The fourth-order valence-corrected chi connectivity index (χ4v) is 4.76. The van der Waals surface area contributed by atoms with E-state index >= 15 is 0 Å². The average Bonchev–Trinajstić information content (AvgIpc) is 2.92. The van der Waals surface area contributed by atoms with Crippen LogP contribution in [0.25, 0.3) is 5.82 Å². The highest BCUT2D eigenvalue weighted by molar-refractivity contribution is 5.46. The molecule has 2 aliphatic rings. The molecule has 2 aromatic rings. The number of fused-ring (bicyclic) bond motifs is 5. The van der Waals surface area contributed by atoms with Crippen molar-refractivity contribution in [3.05, 3.63) is 46.0 Å². The summed E-state index contributed by atoms with van der Waals surface area (Å²) < 4.78 is 3.78. The van der Waals surface area contributed by atoms with Crippen molar-refractivity contribution in [1.29, 1.82) is 0 Å². The first-order chi connectivity index (χ1) is 9.89. The van der Waals surface area contributed by atoms with Gasteiger partial charge in [-0.2, -0.15) is 4.68 Å². The second kappa shape index (κ2) is 3.67. The maximum absolute atomic E-state index is 13.0. The summed E-state index contributed by atoms with van der Waals surface area (Å²) in [4.78, 5) is 17.4. The second-order valence-electron chi connectivity index (χ2n) is 7.24. The van der Waals surface area contributed by atoms with Crippen LogP contribution in [-0.4, -0.2) is 14.3 Å². The Morgan fingerprint density at radius 3 is 2.67 bits per heavy atom. The van der Waals surface area contributed by atoms with Gasteiger partial charge in [0.1, 0.15) is 0 Å². The number of hydrogen-bond donors (Lipinski definition) is 0. The zero-order chi connectivity index (χ0) is 15.0. The summed E-state index contributed by atoms with van der Waals surface area (Å²) in [6.45, 7) is 6.95. The molecule has 2 aliphatic carbocycles. The van der Waals surface area contributed by atoms with Gasteiger partial charge < -0.3 is 0 Å². The van der Waals surface area contributed by atoms with Crippen LogP contribution in [0.15, 0.2) is 29.2 Å². The molecule has 1 saturated carbocycles. The number of aromatic nitrogens is 3. The minimum absolute atomic E-state index is 0.0843. The van der Waals surface area contributed by atoms with Crippen LogP contribution in [0.1, 0.15) is 50.8 Å². The van der Waals surface area contributed by atoms with Crippen LogP contribution in [-0.2, 0) is 12.5 Å². The molecule has 0 N–H and O–H groups in total. The molecular weight excluding hydrogens is 262 g/mol. The zero-order valence-electron chi connectivity index (χ0n) is 13.1. The van der Waals surface area contributed by atoms with Crippen molar-refractivity contribution in [3.8, 4) is 5.82 Å². The quantitative estimate of drug-likeness (QED) is 0.807. The lowest BCUT2D eigenvalue weighted by Crippen LogP contribution is -2.35. The first-order valence-electron chi connectivity index (χ1n) is 7.63. The van der Waals surface area contributed by atoms with Crippen molar-refractivity contribution in [1.82, 2.24) is 14.3 Å². The molecule has 4 heteroatoms. The lowest BCUT2D eigenvalue weighted by molar-refractivity contribution is 0.217. The predicted octanol–water partition coefficient (Wildman–Crippen LogP) is 2.75. The molecule has 0 aromatic carbocycles. The van der Waals surface area contributed by atoms with Crippen molar-refractivity contribution in [2.75, 3.05) is 0 Å². The Labute approximate surface area is 124 Å². The second-order valence-corrected chi connectivity index (χ2v) is 7.24. The van der Waals surface area contributed by atoms with Crippen LogP contribution in [0.5, 0.6) is 0 Å². The number of nitrogens with zero attached hydrogens (tertiary/aromatic N) is 3. The largest absolute Gasteiger partial charge is 0.283 e. The number of hydrogen-bond acceptors (Lipinski definition) is 2. The summed E-state index contributed by atoms with van der Waals surface area (Å²) in [5, 5.41) is 0. The van der Waals surface area contributed by atoms with Crippen molar-refractivity contribution < 1.29 is 0 Å². The number of pyridine rings is 1. The first kappa shape index (κ1) is 12.9. The van der Waals surface area contributed by atoms with Crippen LogP contribution in [0, 0.1) is 5.41 Å². The van der Waals surface area contributed by atoms with Gasteiger partial charge in [0.05, 0.1) is 5.69 Å². The van der Waals surface area contributed by atoms with Crippen molar-refractivity contribution >= 4 is 0 Å². The van der Waals surface area contributed by atoms with E-state index < -0.39 is 0 Å². The average molecular weight is 283 g/mol. The molecule has 2 aromatic heterocycles. The molecule has 0 saturated heterocycles. The van der Waals surface area contributed by atoms with E-state index in [2.05, 4.69) is 25.8 Å². The molecule has 0 amide bonds. The molecular formula is C17H21N3O. The third-order valence-electron chi connectivity index (χ3n) is 6.27. The summed E-state index contributed by atoms with van der Waals surface area (Å²) in [6.07, 6.45) is 4.02. The van der Waals surface area contributed by atoms with E-state index in [9.17, 15) is 4.79 Å².